The van der Waals surface area contributed by atoms with Crippen molar-refractivity contribution < 1.29 is 36.6 Å². The molecule has 0 amide bonds. The molecule has 0 aliphatic carbocycles. The lowest BCUT2D eigenvalue weighted by Crippen LogP contribution is -2.04. The van der Waals surface area contributed by atoms with Crippen molar-refractivity contribution >= 4 is 0 Å². The van der Waals surface area contributed by atoms with Gasteiger partial charge in [0.1, 0.15) is 11.5 Å². The van der Waals surface area contributed by atoms with Crippen LogP contribution in [-0.4, -0.2) is 10.2 Å². The van der Waals surface area contributed by atoms with Gasteiger partial charge >= 0.3 is 12.4 Å². The van der Waals surface area contributed by atoms with Crippen molar-refractivity contribution in [1.82, 2.24) is 0 Å². The maximum absolute atomic E-state index is 11.9. The number of phenolic OH excluding ortho intramolecular Hbond substituents is 2. The summed E-state index contributed by atoms with van der Waals surface area (Å²) in [5, 5.41) is 17.5. The van der Waals surface area contributed by atoms with Crippen molar-refractivity contribution in [3.05, 3.63) is 59.7 Å². The molecule has 2 rings (SSSR count). The van der Waals surface area contributed by atoms with Crippen molar-refractivity contribution in [2.45, 2.75) is 12.4 Å². The predicted octanol–water partition coefficient (Wildman–Crippen LogP) is 4.82. The molecule has 0 aliphatic heterocycles. The van der Waals surface area contributed by atoms with Crippen LogP contribution in [0.2, 0.25) is 0 Å². The summed E-state index contributed by atoms with van der Waals surface area (Å²) in [5.74, 6) is -1.47. The lowest BCUT2D eigenvalue weighted by molar-refractivity contribution is -0.139. The van der Waals surface area contributed by atoms with Crippen LogP contribution in [0, 0.1) is 0 Å². The first-order valence-corrected chi connectivity index (χ1v) is 5.74. The van der Waals surface area contributed by atoms with Crippen LogP contribution in [0.25, 0.3) is 0 Å². The summed E-state index contributed by atoms with van der Waals surface area (Å²) < 4.78 is 71.3. The van der Waals surface area contributed by atoms with Crippen LogP contribution in [-0.2, 0) is 12.4 Å². The van der Waals surface area contributed by atoms with Gasteiger partial charge in [0.2, 0.25) is 0 Å². The smallest absolute Gasteiger partial charge is 0.419 e. The fourth-order valence-corrected chi connectivity index (χ4v) is 1.43. The second-order valence-electron chi connectivity index (χ2n) is 4.03. The minimum absolute atomic E-state index is 0.736. The third-order valence-corrected chi connectivity index (χ3v) is 2.42. The predicted molar refractivity (Wildman–Crippen MR) is 66.2 cm³/mol. The van der Waals surface area contributed by atoms with E-state index in [0.717, 1.165) is 24.3 Å². The molecule has 0 radical (unpaired) electrons. The minimum Gasteiger partial charge on any atom is -0.507 e. The highest BCUT2D eigenvalue weighted by Crippen LogP contribution is 2.35. The number of hydrogen-bond donors (Lipinski definition) is 2. The summed E-state index contributed by atoms with van der Waals surface area (Å²) in [4.78, 5) is 0. The minimum atomic E-state index is -4.47. The number of para-hydroxylation sites is 2. The van der Waals surface area contributed by atoms with Gasteiger partial charge in [-0.1, -0.05) is 24.3 Å². The molecule has 22 heavy (non-hydrogen) atoms. The highest BCUT2D eigenvalue weighted by Gasteiger charge is 2.33. The molecular weight excluding hydrogens is 314 g/mol. The van der Waals surface area contributed by atoms with Crippen LogP contribution >= 0.6 is 0 Å². The lowest BCUT2D eigenvalue weighted by atomic mass is 10.2. The molecule has 0 saturated carbocycles. The maximum Gasteiger partial charge on any atom is 0.419 e. The number of rotatable bonds is 0. The van der Waals surface area contributed by atoms with Crippen molar-refractivity contribution in [2.75, 3.05) is 0 Å². The van der Waals surface area contributed by atoms with Gasteiger partial charge < -0.3 is 10.2 Å². The highest BCUT2D eigenvalue weighted by atomic mass is 19.4. The van der Waals surface area contributed by atoms with Crippen molar-refractivity contribution in [2.24, 2.45) is 0 Å². The first kappa shape index (κ1) is 17.7. The molecule has 2 nitrogen and oxygen atoms in total. The van der Waals surface area contributed by atoms with E-state index in [-0.39, 0.29) is 0 Å². The molecule has 8 heteroatoms. The van der Waals surface area contributed by atoms with Crippen molar-refractivity contribution in [1.29, 1.82) is 0 Å². The van der Waals surface area contributed by atoms with Gasteiger partial charge in [-0.2, -0.15) is 26.3 Å². The molecule has 0 spiro atoms. The van der Waals surface area contributed by atoms with Gasteiger partial charge in [-0.25, -0.2) is 0 Å². The van der Waals surface area contributed by atoms with E-state index in [4.69, 9.17) is 10.2 Å². The number of hydrogen-bond acceptors (Lipinski definition) is 2. The summed E-state index contributed by atoms with van der Waals surface area (Å²) in [7, 11) is 0. The molecule has 0 fully saturated rings. The zero-order chi connectivity index (χ0) is 17.0. The molecule has 0 saturated heterocycles. The standard InChI is InChI=1S/2C7H5F3O/c2*8-7(9,10)5-3-1-2-4-6(5)11/h2*1-4,11H. The summed E-state index contributed by atoms with van der Waals surface area (Å²) >= 11 is 0. The van der Waals surface area contributed by atoms with Crippen LogP contribution in [0.4, 0.5) is 26.3 Å². The first-order valence-electron chi connectivity index (χ1n) is 5.74. The average Bonchev–Trinajstić information content (AvgIpc) is 2.37. The van der Waals surface area contributed by atoms with E-state index < -0.39 is 35.0 Å². The average molecular weight is 324 g/mol. The monoisotopic (exact) mass is 324 g/mol. The fraction of sp³-hybridized carbons (Fsp3) is 0.143. The van der Waals surface area contributed by atoms with Crippen LogP contribution in [0.3, 0.4) is 0 Å². The van der Waals surface area contributed by atoms with E-state index in [9.17, 15) is 26.3 Å². The summed E-state index contributed by atoms with van der Waals surface area (Å²) in [6, 6.07) is 8.79. The largest absolute Gasteiger partial charge is 0.507 e. The number of alkyl halides is 6. The second kappa shape index (κ2) is 6.59. The van der Waals surface area contributed by atoms with E-state index >= 15 is 0 Å². The molecule has 2 aromatic carbocycles. The van der Waals surface area contributed by atoms with E-state index in [2.05, 4.69) is 0 Å². The normalized spacial score (nSPS) is 11.5. The third-order valence-electron chi connectivity index (χ3n) is 2.42. The van der Waals surface area contributed by atoms with Gasteiger partial charge in [0.15, 0.2) is 0 Å². The van der Waals surface area contributed by atoms with E-state index in [1.165, 1.54) is 24.3 Å². The number of benzene rings is 2. The van der Waals surface area contributed by atoms with Crippen LogP contribution in [0.15, 0.2) is 48.5 Å². The Balaban J connectivity index is 0.000000220. The Bertz CT molecular complexity index is 564. The van der Waals surface area contributed by atoms with Gasteiger partial charge in [-0.3, -0.25) is 0 Å². The van der Waals surface area contributed by atoms with Gasteiger partial charge in [0, 0.05) is 0 Å². The van der Waals surface area contributed by atoms with Gasteiger partial charge in [-0.15, -0.1) is 0 Å². The van der Waals surface area contributed by atoms with Gasteiger partial charge in [0.05, 0.1) is 11.1 Å². The first-order chi connectivity index (χ1) is 10.0. The summed E-state index contributed by atoms with van der Waals surface area (Å²) in [6.45, 7) is 0. The Labute approximate surface area is 121 Å². The highest BCUT2D eigenvalue weighted by molar-refractivity contribution is 5.34. The second-order valence-corrected chi connectivity index (χ2v) is 4.03. The van der Waals surface area contributed by atoms with Crippen molar-refractivity contribution in [3.63, 3.8) is 0 Å². The zero-order valence-electron chi connectivity index (χ0n) is 10.8. The molecule has 2 aromatic rings. The van der Waals surface area contributed by atoms with Crippen molar-refractivity contribution in [3.8, 4) is 11.5 Å². The molecule has 0 aliphatic rings. The Morgan fingerprint density at radius 2 is 0.818 bits per heavy atom. The molecule has 0 aromatic heterocycles. The molecule has 0 unspecified atom stereocenters. The number of aromatic hydroxyl groups is 2. The van der Waals surface area contributed by atoms with Gasteiger partial charge in [-0.05, 0) is 24.3 Å². The molecule has 2 N–H and O–H groups in total. The zero-order valence-corrected chi connectivity index (χ0v) is 10.8. The van der Waals surface area contributed by atoms with E-state index in [1.54, 1.807) is 0 Å². The third kappa shape index (κ3) is 4.87. The molecule has 0 bridgehead atoms. The Hall–Kier alpha value is -2.38. The summed E-state index contributed by atoms with van der Waals surface area (Å²) in [6.07, 6.45) is -8.93. The van der Waals surface area contributed by atoms with Crippen LogP contribution in [0.1, 0.15) is 11.1 Å². The Morgan fingerprint density at radius 3 is 1.00 bits per heavy atom. The van der Waals surface area contributed by atoms with E-state index in [1.807, 2.05) is 0 Å². The molecule has 0 heterocycles. The number of halogens is 6. The van der Waals surface area contributed by atoms with Crippen LogP contribution < -0.4 is 0 Å². The van der Waals surface area contributed by atoms with Crippen LogP contribution in [0.5, 0.6) is 11.5 Å². The molecular formula is C14H10F6O2. The van der Waals surface area contributed by atoms with Gasteiger partial charge in [0.25, 0.3) is 0 Å². The Morgan fingerprint density at radius 1 is 0.545 bits per heavy atom. The molecule has 120 valence electrons. The summed E-state index contributed by atoms with van der Waals surface area (Å²) in [5.41, 5.74) is -2.00. The quantitative estimate of drug-likeness (QED) is 0.682. The fourth-order valence-electron chi connectivity index (χ4n) is 1.43. The topological polar surface area (TPSA) is 40.5 Å². The Kier molecular flexibility index (Phi) is 5.29. The van der Waals surface area contributed by atoms with E-state index in [0.29, 0.717) is 0 Å². The molecule has 0 atom stereocenters. The maximum atomic E-state index is 11.9. The SMILES string of the molecule is Oc1ccccc1C(F)(F)F.Oc1ccccc1C(F)(F)F. The number of phenols is 2. The lowest BCUT2D eigenvalue weighted by Gasteiger charge is -2.06.